The quantitative estimate of drug-likeness (QED) is 0.698. The molecule has 1 atom stereocenters. The Bertz CT molecular complexity index is 330. The zero-order valence-electron chi connectivity index (χ0n) is 9.03. The van der Waals surface area contributed by atoms with Crippen LogP contribution in [0.3, 0.4) is 0 Å². The number of ether oxygens (including phenoxy) is 1. The van der Waals surface area contributed by atoms with Crippen LogP contribution in [-0.2, 0) is 10.5 Å². The first kappa shape index (κ1) is 12.2. The monoisotopic (exact) mass is 225 g/mol. The van der Waals surface area contributed by atoms with Gasteiger partial charge < -0.3 is 9.15 Å². The molecule has 0 spiro atoms. The van der Waals surface area contributed by atoms with E-state index in [2.05, 4.69) is 0 Å². The zero-order valence-corrected chi connectivity index (χ0v) is 9.84. The van der Waals surface area contributed by atoms with Crippen LogP contribution in [-0.4, -0.2) is 18.5 Å². The Balaban J connectivity index is 2.08. The van der Waals surface area contributed by atoms with Crippen molar-refractivity contribution in [2.75, 3.05) is 12.4 Å². The molecule has 3 nitrogen and oxygen atoms in total. The van der Waals surface area contributed by atoms with Gasteiger partial charge >= 0.3 is 0 Å². The Hall–Kier alpha value is -0.920. The van der Waals surface area contributed by atoms with Crippen LogP contribution in [0.15, 0.2) is 16.7 Å². The lowest BCUT2D eigenvalue weighted by molar-refractivity contribution is 0.117. The average Bonchev–Trinajstić information content (AvgIpc) is 2.63. The number of furan rings is 1. The van der Waals surface area contributed by atoms with Crippen LogP contribution in [0.5, 0.6) is 0 Å². The number of nitriles is 1. The van der Waals surface area contributed by atoms with Gasteiger partial charge in [0.05, 0.1) is 24.7 Å². The maximum Gasteiger partial charge on any atom is 0.141 e. The molecule has 1 aromatic heterocycles. The average molecular weight is 225 g/mol. The predicted octanol–water partition coefficient (Wildman–Crippen LogP) is 2.75. The minimum absolute atomic E-state index is 0.309. The molecule has 0 radical (unpaired) electrons. The van der Waals surface area contributed by atoms with Gasteiger partial charge in [-0.15, -0.1) is 0 Å². The number of rotatable bonds is 6. The number of hydrogen-bond acceptors (Lipinski definition) is 4. The first-order valence-corrected chi connectivity index (χ1v) is 6.01. The zero-order chi connectivity index (χ0) is 11.1. The number of nitrogens with zero attached hydrogens (tertiary/aromatic N) is 1. The largest absolute Gasteiger partial charge is 0.468 e. The van der Waals surface area contributed by atoms with E-state index in [1.807, 2.05) is 19.1 Å². The van der Waals surface area contributed by atoms with Crippen LogP contribution >= 0.6 is 11.8 Å². The Morgan fingerprint density at radius 2 is 2.47 bits per heavy atom. The summed E-state index contributed by atoms with van der Waals surface area (Å²) in [7, 11) is 0. The molecule has 1 rings (SSSR count). The summed E-state index contributed by atoms with van der Waals surface area (Å²) in [6.07, 6.45) is 1.40. The fourth-order valence-electron chi connectivity index (χ4n) is 1.04. The van der Waals surface area contributed by atoms with Crippen molar-refractivity contribution in [3.05, 3.63) is 23.7 Å². The molecule has 1 unspecified atom stereocenters. The van der Waals surface area contributed by atoms with Gasteiger partial charge in [-0.05, 0) is 25.5 Å². The topological polar surface area (TPSA) is 46.2 Å². The third kappa shape index (κ3) is 4.41. The van der Waals surface area contributed by atoms with E-state index in [4.69, 9.17) is 14.4 Å². The highest BCUT2D eigenvalue weighted by atomic mass is 32.2. The maximum atomic E-state index is 8.48. The fourth-order valence-corrected chi connectivity index (χ4v) is 1.88. The van der Waals surface area contributed by atoms with Gasteiger partial charge in [0.25, 0.3) is 0 Å². The van der Waals surface area contributed by atoms with Crippen LogP contribution in [0.2, 0.25) is 0 Å². The van der Waals surface area contributed by atoms with Crippen molar-refractivity contribution < 1.29 is 9.15 Å². The first-order chi connectivity index (χ1) is 7.24. The molecule has 0 aliphatic rings. The molecule has 82 valence electrons. The van der Waals surface area contributed by atoms with Crippen LogP contribution < -0.4 is 0 Å². The molecule has 0 aliphatic carbocycles. The first-order valence-electron chi connectivity index (χ1n) is 4.86. The normalized spacial score (nSPS) is 12.3. The van der Waals surface area contributed by atoms with E-state index in [0.29, 0.717) is 6.61 Å². The number of hydrogen-bond donors (Lipinski definition) is 0. The van der Waals surface area contributed by atoms with Crippen molar-refractivity contribution in [3.63, 3.8) is 0 Å². The maximum absolute atomic E-state index is 8.48. The summed E-state index contributed by atoms with van der Waals surface area (Å²) in [6, 6.07) is 3.99. The van der Waals surface area contributed by atoms with E-state index in [1.54, 1.807) is 24.9 Å². The lowest BCUT2D eigenvalue weighted by Gasteiger charge is -2.04. The highest BCUT2D eigenvalue weighted by Gasteiger charge is 2.02. The third-order valence-corrected chi connectivity index (χ3v) is 2.90. The summed E-state index contributed by atoms with van der Waals surface area (Å²) in [5, 5.41) is 8.48. The minimum Gasteiger partial charge on any atom is -0.468 e. The van der Waals surface area contributed by atoms with Gasteiger partial charge in [-0.25, -0.2) is 0 Å². The molecule has 0 saturated carbocycles. The van der Waals surface area contributed by atoms with Crippen molar-refractivity contribution in [2.24, 2.45) is 0 Å². The molecule has 0 amide bonds. The molecule has 0 N–H and O–H groups in total. The molecule has 0 bridgehead atoms. The number of thioether (sulfide) groups is 1. The highest BCUT2D eigenvalue weighted by molar-refractivity contribution is 7.98. The Morgan fingerprint density at radius 3 is 3.07 bits per heavy atom. The van der Waals surface area contributed by atoms with Crippen LogP contribution in [0.25, 0.3) is 0 Å². The third-order valence-electron chi connectivity index (χ3n) is 1.98. The molecule has 0 aromatic carbocycles. The van der Waals surface area contributed by atoms with E-state index in [9.17, 15) is 0 Å². The molecular weight excluding hydrogens is 210 g/mol. The molecule has 0 saturated heterocycles. The second-order valence-electron chi connectivity index (χ2n) is 3.22. The molecule has 1 aromatic rings. The summed E-state index contributed by atoms with van der Waals surface area (Å²) >= 11 is 1.75. The molecule has 0 aliphatic heterocycles. The van der Waals surface area contributed by atoms with Gasteiger partial charge in [0.2, 0.25) is 0 Å². The van der Waals surface area contributed by atoms with Gasteiger partial charge in [-0.2, -0.15) is 17.0 Å². The Labute approximate surface area is 94.4 Å². The van der Waals surface area contributed by atoms with Gasteiger partial charge in [0.15, 0.2) is 0 Å². The second kappa shape index (κ2) is 6.54. The summed E-state index contributed by atoms with van der Waals surface area (Å²) in [5.41, 5.74) is 1.19. The Kier molecular flexibility index (Phi) is 5.30. The fraction of sp³-hybridized carbons (Fsp3) is 0.545. The van der Waals surface area contributed by atoms with Crippen molar-refractivity contribution in [1.82, 2.24) is 0 Å². The Morgan fingerprint density at radius 1 is 1.67 bits per heavy atom. The van der Waals surface area contributed by atoms with E-state index in [-0.39, 0.29) is 6.10 Å². The van der Waals surface area contributed by atoms with E-state index >= 15 is 0 Å². The molecular formula is C11H15NO2S. The van der Waals surface area contributed by atoms with E-state index in [0.717, 1.165) is 17.3 Å². The molecule has 4 heteroatoms. The summed E-state index contributed by atoms with van der Waals surface area (Å²) in [5.74, 6) is 2.77. The molecule has 1 heterocycles. The SMILES string of the molecule is Cc1ccoc1CSCCOC(C)C#N. The lowest BCUT2D eigenvalue weighted by Crippen LogP contribution is -2.07. The summed E-state index contributed by atoms with van der Waals surface area (Å²) in [6.45, 7) is 4.40. The van der Waals surface area contributed by atoms with Gasteiger partial charge in [-0.1, -0.05) is 0 Å². The van der Waals surface area contributed by atoms with Gasteiger partial charge in [0, 0.05) is 5.75 Å². The van der Waals surface area contributed by atoms with Crippen molar-refractivity contribution in [3.8, 4) is 6.07 Å². The summed E-state index contributed by atoms with van der Waals surface area (Å²) in [4.78, 5) is 0. The van der Waals surface area contributed by atoms with Gasteiger partial charge in [-0.3, -0.25) is 0 Å². The molecule has 0 fully saturated rings. The summed E-state index contributed by atoms with van der Waals surface area (Å²) < 4.78 is 10.5. The van der Waals surface area contributed by atoms with Crippen LogP contribution in [0.4, 0.5) is 0 Å². The van der Waals surface area contributed by atoms with E-state index < -0.39 is 0 Å². The standard InChI is InChI=1S/C11H15NO2S/c1-9-3-4-14-11(9)8-15-6-5-13-10(2)7-12/h3-4,10H,5-6,8H2,1-2H3. The lowest BCUT2D eigenvalue weighted by atomic mass is 10.3. The van der Waals surface area contributed by atoms with Gasteiger partial charge in [0.1, 0.15) is 11.9 Å². The second-order valence-corrected chi connectivity index (χ2v) is 4.33. The smallest absolute Gasteiger partial charge is 0.141 e. The van der Waals surface area contributed by atoms with E-state index in [1.165, 1.54) is 5.56 Å². The van der Waals surface area contributed by atoms with Crippen molar-refractivity contribution >= 4 is 11.8 Å². The van der Waals surface area contributed by atoms with Crippen molar-refractivity contribution in [2.45, 2.75) is 25.7 Å². The van der Waals surface area contributed by atoms with Crippen LogP contribution in [0.1, 0.15) is 18.2 Å². The minimum atomic E-state index is -0.309. The predicted molar refractivity (Wildman–Crippen MR) is 60.6 cm³/mol. The highest BCUT2D eigenvalue weighted by Crippen LogP contribution is 2.16. The van der Waals surface area contributed by atoms with Crippen molar-refractivity contribution in [1.29, 1.82) is 5.26 Å². The molecule has 15 heavy (non-hydrogen) atoms. The van der Waals surface area contributed by atoms with Crippen LogP contribution in [0, 0.1) is 18.3 Å². The number of aryl methyl sites for hydroxylation is 1.